The van der Waals surface area contributed by atoms with Gasteiger partial charge in [0.2, 0.25) is 5.91 Å². The largest absolute Gasteiger partial charge is 0.378 e. The van der Waals surface area contributed by atoms with Crippen LogP contribution in [0.4, 0.5) is 0 Å². The first-order chi connectivity index (χ1) is 8.66. The van der Waals surface area contributed by atoms with Crippen molar-refractivity contribution >= 4 is 5.91 Å². The predicted octanol–water partition coefficient (Wildman–Crippen LogP) is 0.901. The summed E-state index contributed by atoms with van der Waals surface area (Å²) in [7, 11) is 0. The van der Waals surface area contributed by atoms with Gasteiger partial charge in [0.25, 0.3) is 0 Å². The van der Waals surface area contributed by atoms with Crippen LogP contribution in [0.1, 0.15) is 32.6 Å². The van der Waals surface area contributed by atoms with Crippen LogP contribution in [0.25, 0.3) is 0 Å². The van der Waals surface area contributed by atoms with Gasteiger partial charge in [-0.3, -0.25) is 4.79 Å². The molecular weight excluding hydrogens is 228 g/mol. The molecule has 6 atom stereocenters. The molecule has 0 aromatic heterocycles. The average Bonchev–Trinajstić information content (AvgIpc) is 3.02. The highest BCUT2D eigenvalue weighted by Gasteiger charge is 2.49. The van der Waals surface area contributed by atoms with Crippen molar-refractivity contribution < 1.29 is 9.53 Å². The third-order valence-electron chi connectivity index (χ3n) is 5.36. The Morgan fingerprint density at radius 1 is 1.33 bits per heavy atom. The van der Waals surface area contributed by atoms with Crippen molar-refractivity contribution in [3.63, 3.8) is 0 Å². The Morgan fingerprint density at radius 3 is 2.72 bits per heavy atom. The fourth-order valence-corrected chi connectivity index (χ4v) is 4.12. The van der Waals surface area contributed by atoms with E-state index in [0.717, 1.165) is 19.6 Å². The maximum Gasteiger partial charge on any atom is 0.224 e. The summed E-state index contributed by atoms with van der Waals surface area (Å²) in [6.45, 7) is 3.67. The molecule has 1 aliphatic heterocycles. The molecule has 18 heavy (non-hydrogen) atoms. The topological polar surface area (TPSA) is 64.3 Å². The zero-order valence-corrected chi connectivity index (χ0v) is 11.1. The quantitative estimate of drug-likeness (QED) is 0.784. The lowest BCUT2D eigenvalue weighted by Gasteiger charge is -2.27. The predicted molar refractivity (Wildman–Crippen MR) is 68.8 cm³/mol. The molecule has 2 saturated carbocycles. The van der Waals surface area contributed by atoms with E-state index in [1.807, 2.05) is 0 Å². The average molecular weight is 252 g/mol. The Kier molecular flexibility index (Phi) is 3.32. The molecule has 2 aliphatic carbocycles. The number of fused-ring (bicyclic) bond motifs is 2. The van der Waals surface area contributed by atoms with Gasteiger partial charge in [-0.1, -0.05) is 0 Å². The minimum atomic E-state index is 0.0707. The van der Waals surface area contributed by atoms with E-state index in [-0.39, 0.29) is 24.0 Å². The smallest absolute Gasteiger partial charge is 0.224 e. The summed E-state index contributed by atoms with van der Waals surface area (Å²) in [6, 6.07) is 0.0981. The highest BCUT2D eigenvalue weighted by atomic mass is 16.5. The molecule has 4 heteroatoms. The number of carbonyl (C=O) groups excluding carboxylic acids is 1. The van der Waals surface area contributed by atoms with Crippen molar-refractivity contribution in [1.82, 2.24) is 5.32 Å². The number of nitrogens with two attached hydrogens (primary N) is 1. The fraction of sp³-hybridized carbons (Fsp3) is 0.929. The molecule has 0 radical (unpaired) electrons. The number of rotatable bonds is 3. The molecule has 1 amide bonds. The normalized spacial score (nSPS) is 46.6. The van der Waals surface area contributed by atoms with Crippen molar-refractivity contribution in [3.05, 3.63) is 0 Å². The SMILES string of the molecule is CC1OCCC1CNC(=O)C1C2CCC(C2)C1N. The molecule has 2 bridgehead atoms. The van der Waals surface area contributed by atoms with E-state index in [1.54, 1.807) is 0 Å². The molecule has 3 N–H and O–H groups in total. The molecule has 1 saturated heterocycles. The van der Waals surface area contributed by atoms with E-state index in [1.165, 1.54) is 19.3 Å². The molecule has 6 unspecified atom stereocenters. The number of hydrogen-bond acceptors (Lipinski definition) is 3. The standard InChI is InChI=1S/C14H24N2O2/c1-8-11(4-5-18-8)7-16-14(17)12-9-2-3-10(6-9)13(12)15/h8-13H,2-7,15H2,1H3,(H,16,17). The molecule has 3 rings (SSSR count). The van der Waals surface area contributed by atoms with Crippen LogP contribution in [0.15, 0.2) is 0 Å². The second-order valence-corrected chi connectivity index (χ2v) is 6.31. The van der Waals surface area contributed by atoms with E-state index in [0.29, 0.717) is 17.8 Å². The maximum absolute atomic E-state index is 12.3. The van der Waals surface area contributed by atoms with Crippen LogP contribution in [0.2, 0.25) is 0 Å². The second-order valence-electron chi connectivity index (χ2n) is 6.31. The van der Waals surface area contributed by atoms with Crippen molar-refractivity contribution in [2.45, 2.75) is 44.8 Å². The zero-order valence-electron chi connectivity index (χ0n) is 11.1. The van der Waals surface area contributed by atoms with Crippen LogP contribution < -0.4 is 11.1 Å². The van der Waals surface area contributed by atoms with E-state index < -0.39 is 0 Å². The van der Waals surface area contributed by atoms with Crippen LogP contribution in [0.5, 0.6) is 0 Å². The second kappa shape index (κ2) is 4.82. The molecule has 3 aliphatic rings. The summed E-state index contributed by atoms with van der Waals surface area (Å²) in [5.41, 5.74) is 6.19. The summed E-state index contributed by atoms with van der Waals surface area (Å²) < 4.78 is 5.52. The monoisotopic (exact) mass is 252 g/mol. The van der Waals surface area contributed by atoms with Crippen LogP contribution >= 0.6 is 0 Å². The van der Waals surface area contributed by atoms with E-state index in [2.05, 4.69) is 12.2 Å². The molecule has 102 valence electrons. The molecule has 1 heterocycles. The van der Waals surface area contributed by atoms with Gasteiger partial charge in [0.1, 0.15) is 0 Å². The number of ether oxygens (including phenoxy) is 1. The first-order valence-electron chi connectivity index (χ1n) is 7.31. The Hall–Kier alpha value is -0.610. The summed E-state index contributed by atoms with van der Waals surface area (Å²) in [5, 5.41) is 3.11. The fourth-order valence-electron chi connectivity index (χ4n) is 4.12. The number of nitrogens with one attached hydrogen (secondary N) is 1. The minimum Gasteiger partial charge on any atom is -0.378 e. The van der Waals surface area contributed by atoms with Gasteiger partial charge in [-0.2, -0.15) is 0 Å². The van der Waals surface area contributed by atoms with Gasteiger partial charge >= 0.3 is 0 Å². The van der Waals surface area contributed by atoms with Crippen LogP contribution in [0.3, 0.4) is 0 Å². The molecule has 4 nitrogen and oxygen atoms in total. The van der Waals surface area contributed by atoms with Gasteiger partial charge in [0.05, 0.1) is 12.0 Å². The Bertz CT molecular complexity index is 332. The zero-order chi connectivity index (χ0) is 12.7. The first-order valence-corrected chi connectivity index (χ1v) is 7.31. The number of hydrogen-bond donors (Lipinski definition) is 2. The number of amides is 1. The third kappa shape index (κ3) is 2.05. The summed E-state index contributed by atoms with van der Waals surface area (Å²) >= 11 is 0. The van der Waals surface area contributed by atoms with Gasteiger partial charge in [-0.05, 0) is 44.4 Å². The summed E-state index contributed by atoms with van der Waals surface area (Å²) in [4.78, 5) is 12.3. The lowest BCUT2D eigenvalue weighted by Crippen LogP contribution is -2.46. The van der Waals surface area contributed by atoms with Gasteiger partial charge in [0, 0.05) is 25.1 Å². The van der Waals surface area contributed by atoms with Crippen molar-refractivity contribution in [1.29, 1.82) is 0 Å². The van der Waals surface area contributed by atoms with Gasteiger partial charge in [0.15, 0.2) is 0 Å². The summed E-state index contributed by atoms with van der Waals surface area (Å²) in [6.07, 6.45) is 4.92. The van der Waals surface area contributed by atoms with E-state index >= 15 is 0 Å². The Labute approximate surface area is 109 Å². The van der Waals surface area contributed by atoms with Crippen molar-refractivity contribution in [2.24, 2.45) is 29.4 Å². The lowest BCUT2D eigenvalue weighted by atomic mass is 9.84. The van der Waals surface area contributed by atoms with Crippen molar-refractivity contribution in [3.8, 4) is 0 Å². The number of carbonyl (C=O) groups is 1. The van der Waals surface area contributed by atoms with Crippen LogP contribution in [-0.4, -0.2) is 31.2 Å². The highest BCUT2D eigenvalue weighted by Crippen LogP contribution is 2.47. The maximum atomic E-state index is 12.3. The Morgan fingerprint density at radius 2 is 2.11 bits per heavy atom. The Balaban J connectivity index is 1.52. The third-order valence-corrected chi connectivity index (χ3v) is 5.36. The van der Waals surface area contributed by atoms with Gasteiger partial charge in [-0.15, -0.1) is 0 Å². The van der Waals surface area contributed by atoms with Gasteiger partial charge in [-0.25, -0.2) is 0 Å². The van der Waals surface area contributed by atoms with Gasteiger partial charge < -0.3 is 15.8 Å². The first kappa shape index (κ1) is 12.4. The van der Waals surface area contributed by atoms with Crippen molar-refractivity contribution in [2.75, 3.05) is 13.2 Å². The molecule has 3 fully saturated rings. The molecule has 0 aromatic rings. The molecular formula is C14H24N2O2. The summed E-state index contributed by atoms with van der Waals surface area (Å²) in [5.74, 6) is 1.88. The molecule has 0 aromatic carbocycles. The van der Waals surface area contributed by atoms with E-state index in [9.17, 15) is 4.79 Å². The van der Waals surface area contributed by atoms with E-state index in [4.69, 9.17) is 10.5 Å². The van der Waals surface area contributed by atoms with Crippen LogP contribution in [-0.2, 0) is 9.53 Å². The van der Waals surface area contributed by atoms with Crippen LogP contribution in [0, 0.1) is 23.7 Å². The lowest BCUT2D eigenvalue weighted by molar-refractivity contribution is -0.127. The minimum absolute atomic E-state index is 0.0707. The molecule has 0 spiro atoms. The highest BCUT2D eigenvalue weighted by molar-refractivity contribution is 5.80.